The normalized spacial score (nSPS) is 20.7. The number of nitrogens with one attached hydrogen (secondary N) is 1. The van der Waals surface area contributed by atoms with Crippen molar-refractivity contribution in [1.29, 1.82) is 0 Å². The van der Waals surface area contributed by atoms with Gasteiger partial charge in [0.05, 0.1) is 12.6 Å². The average Bonchev–Trinajstić information content (AvgIpc) is 2.22. The first-order chi connectivity index (χ1) is 7.16. The minimum absolute atomic E-state index is 0.272. The minimum atomic E-state index is -0.479. The molecule has 1 amide bonds. The Morgan fingerprint density at radius 3 is 3.07 bits per heavy atom. The molecule has 15 heavy (non-hydrogen) atoms. The summed E-state index contributed by atoms with van der Waals surface area (Å²) in [5, 5.41) is 2.60. The number of aryl methyl sites for hydroxylation is 1. The van der Waals surface area contributed by atoms with E-state index in [1.165, 1.54) is 6.07 Å². The van der Waals surface area contributed by atoms with Crippen LogP contribution in [0.5, 0.6) is 0 Å². The average molecular weight is 209 g/mol. The van der Waals surface area contributed by atoms with Crippen LogP contribution >= 0.6 is 0 Å². The molecule has 2 rings (SSSR count). The van der Waals surface area contributed by atoms with Gasteiger partial charge in [-0.1, -0.05) is 17.7 Å². The van der Waals surface area contributed by atoms with E-state index in [1.807, 2.05) is 6.92 Å². The second-order valence-corrected chi connectivity index (χ2v) is 3.65. The molecule has 0 aromatic heterocycles. The summed E-state index contributed by atoms with van der Waals surface area (Å²) in [5.41, 5.74) is 1.51. The van der Waals surface area contributed by atoms with Crippen LogP contribution < -0.4 is 5.32 Å². The third kappa shape index (κ3) is 2.09. The molecule has 0 bridgehead atoms. The van der Waals surface area contributed by atoms with Gasteiger partial charge in [-0.25, -0.2) is 9.18 Å². The zero-order chi connectivity index (χ0) is 10.8. The fraction of sp³-hybridized carbons (Fsp3) is 0.364. The Balaban J connectivity index is 2.27. The lowest BCUT2D eigenvalue weighted by Gasteiger charge is -2.24. The zero-order valence-corrected chi connectivity index (χ0v) is 8.42. The van der Waals surface area contributed by atoms with Gasteiger partial charge in [0.2, 0.25) is 0 Å². The lowest BCUT2D eigenvalue weighted by molar-refractivity contribution is 0.115. The lowest BCUT2D eigenvalue weighted by atomic mass is 10.0. The molecule has 0 spiro atoms. The van der Waals surface area contributed by atoms with Crippen LogP contribution in [-0.2, 0) is 4.74 Å². The molecule has 0 aliphatic carbocycles. The second kappa shape index (κ2) is 3.88. The molecule has 1 aromatic rings. The van der Waals surface area contributed by atoms with E-state index in [2.05, 4.69) is 5.32 Å². The smallest absolute Gasteiger partial charge is 0.407 e. The highest BCUT2D eigenvalue weighted by Gasteiger charge is 2.23. The summed E-state index contributed by atoms with van der Waals surface area (Å²) in [5.74, 6) is -0.284. The van der Waals surface area contributed by atoms with Gasteiger partial charge >= 0.3 is 6.09 Å². The van der Waals surface area contributed by atoms with Crippen LogP contribution in [0.15, 0.2) is 18.2 Å². The number of hydrogen-bond acceptors (Lipinski definition) is 2. The van der Waals surface area contributed by atoms with E-state index >= 15 is 0 Å². The molecule has 1 saturated heterocycles. The molecule has 4 heteroatoms. The number of carbonyl (C=O) groups is 1. The van der Waals surface area contributed by atoms with Gasteiger partial charge in [-0.2, -0.15) is 0 Å². The van der Waals surface area contributed by atoms with Gasteiger partial charge in [-0.15, -0.1) is 0 Å². The standard InChI is InChI=1S/C11H12FNO2/c1-7-2-3-9(12)8(6-7)10-4-5-15-11(14)13-10/h2-3,6,10H,4-5H2,1H3,(H,13,14)/t10-/m1/s1. The van der Waals surface area contributed by atoms with Crippen molar-refractivity contribution in [1.82, 2.24) is 5.32 Å². The fourth-order valence-electron chi connectivity index (χ4n) is 1.69. The minimum Gasteiger partial charge on any atom is -0.449 e. The largest absolute Gasteiger partial charge is 0.449 e. The van der Waals surface area contributed by atoms with Crippen molar-refractivity contribution in [3.05, 3.63) is 35.1 Å². The Labute approximate surface area is 87.2 Å². The summed E-state index contributed by atoms with van der Waals surface area (Å²) in [7, 11) is 0. The molecule has 0 radical (unpaired) electrons. The molecule has 1 aliphatic heterocycles. The number of hydrogen-bond donors (Lipinski definition) is 1. The van der Waals surface area contributed by atoms with Gasteiger partial charge in [-0.05, 0) is 13.0 Å². The first kappa shape index (κ1) is 9.96. The van der Waals surface area contributed by atoms with Gasteiger partial charge < -0.3 is 10.1 Å². The molecule has 80 valence electrons. The number of halogens is 1. The van der Waals surface area contributed by atoms with Gasteiger partial charge in [0, 0.05) is 12.0 Å². The number of carbonyl (C=O) groups excluding carboxylic acids is 1. The number of alkyl carbamates (subject to hydrolysis) is 1. The number of amides is 1. The van der Waals surface area contributed by atoms with Crippen molar-refractivity contribution < 1.29 is 13.9 Å². The van der Waals surface area contributed by atoms with Crippen molar-refractivity contribution in [2.24, 2.45) is 0 Å². The molecule has 1 aliphatic rings. The van der Waals surface area contributed by atoms with E-state index in [0.717, 1.165) is 5.56 Å². The number of benzene rings is 1. The van der Waals surface area contributed by atoms with E-state index in [9.17, 15) is 9.18 Å². The van der Waals surface area contributed by atoms with Crippen molar-refractivity contribution in [2.45, 2.75) is 19.4 Å². The molecule has 3 nitrogen and oxygen atoms in total. The van der Waals surface area contributed by atoms with Gasteiger partial charge in [-0.3, -0.25) is 0 Å². The molecular formula is C11H12FNO2. The monoisotopic (exact) mass is 209 g/mol. The Morgan fingerprint density at radius 2 is 2.33 bits per heavy atom. The first-order valence-electron chi connectivity index (χ1n) is 4.86. The predicted octanol–water partition coefficient (Wildman–Crippen LogP) is 2.31. The maximum absolute atomic E-state index is 13.5. The zero-order valence-electron chi connectivity index (χ0n) is 8.42. The summed E-state index contributed by atoms with van der Waals surface area (Å²) >= 11 is 0. The third-order valence-corrected chi connectivity index (χ3v) is 2.46. The quantitative estimate of drug-likeness (QED) is 0.770. The molecular weight excluding hydrogens is 197 g/mol. The van der Waals surface area contributed by atoms with Crippen LogP contribution in [0.25, 0.3) is 0 Å². The van der Waals surface area contributed by atoms with Crippen molar-refractivity contribution in [2.75, 3.05) is 6.61 Å². The number of cyclic esters (lactones) is 1. The molecule has 1 fully saturated rings. The van der Waals surface area contributed by atoms with Gasteiger partial charge in [0.15, 0.2) is 0 Å². The Kier molecular flexibility index (Phi) is 2.58. The first-order valence-corrected chi connectivity index (χ1v) is 4.86. The van der Waals surface area contributed by atoms with Crippen molar-refractivity contribution >= 4 is 6.09 Å². The lowest BCUT2D eigenvalue weighted by Crippen LogP contribution is -2.35. The summed E-state index contributed by atoms with van der Waals surface area (Å²) in [6.07, 6.45) is 0.124. The maximum atomic E-state index is 13.5. The van der Waals surface area contributed by atoms with Crippen LogP contribution in [0.3, 0.4) is 0 Å². The summed E-state index contributed by atoms with van der Waals surface area (Å²) in [6.45, 7) is 2.23. The highest BCUT2D eigenvalue weighted by Crippen LogP contribution is 2.23. The van der Waals surface area contributed by atoms with Crippen LogP contribution in [-0.4, -0.2) is 12.7 Å². The van der Waals surface area contributed by atoms with Crippen molar-refractivity contribution in [3.63, 3.8) is 0 Å². The van der Waals surface area contributed by atoms with E-state index in [4.69, 9.17) is 4.74 Å². The van der Waals surface area contributed by atoms with Gasteiger partial charge in [0.1, 0.15) is 5.82 Å². The molecule has 0 saturated carbocycles. The molecule has 1 heterocycles. The van der Waals surface area contributed by atoms with Gasteiger partial charge in [0.25, 0.3) is 0 Å². The highest BCUT2D eigenvalue weighted by atomic mass is 19.1. The third-order valence-electron chi connectivity index (χ3n) is 2.46. The molecule has 1 aromatic carbocycles. The summed E-state index contributed by atoms with van der Waals surface area (Å²) in [6, 6.07) is 4.61. The van der Waals surface area contributed by atoms with Crippen LogP contribution in [0.1, 0.15) is 23.6 Å². The Bertz CT molecular complexity index is 392. The van der Waals surface area contributed by atoms with Crippen molar-refractivity contribution in [3.8, 4) is 0 Å². The fourth-order valence-corrected chi connectivity index (χ4v) is 1.69. The number of ether oxygens (including phenoxy) is 1. The predicted molar refractivity (Wildman–Crippen MR) is 53.0 cm³/mol. The Hall–Kier alpha value is -1.58. The SMILES string of the molecule is Cc1ccc(F)c([C@H]2CCOC(=O)N2)c1. The van der Waals surface area contributed by atoms with E-state index in [0.29, 0.717) is 18.6 Å². The number of rotatable bonds is 1. The maximum Gasteiger partial charge on any atom is 0.407 e. The van der Waals surface area contributed by atoms with Crippen LogP contribution in [0.4, 0.5) is 9.18 Å². The molecule has 1 atom stereocenters. The molecule has 0 unspecified atom stereocenters. The van der Waals surface area contributed by atoms with Crippen LogP contribution in [0.2, 0.25) is 0 Å². The van der Waals surface area contributed by atoms with E-state index in [1.54, 1.807) is 12.1 Å². The summed E-state index contributed by atoms with van der Waals surface area (Å²) < 4.78 is 18.2. The highest BCUT2D eigenvalue weighted by molar-refractivity contribution is 5.68. The Morgan fingerprint density at radius 1 is 1.53 bits per heavy atom. The second-order valence-electron chi connectivity index (χ2n) is 3.65. The summed E-state index contributed by atoms with van der Waals surface area (Å²) in [4.78, 5) is 11.0. The van der Waals surface area contributed by atoms with Crippen LogP contribution in [0, 0.1) is 12.7 Å². The van der Waals surface area contributed by atoms with E-state index < -0.39 is 6.09 Å². The molecule has 1 N–H and O–H groups in total. The van der Waals surface area contributed by atoms with E-state index in [-0.39, 0.29) is 11.9 Å². The topological polar surface area (TPSA) is 38.3 Å².